The lowest BCUT2D eigenvalue weighted by molar-refractivity contribution is 0.0303. The van der Waals surface area contributed by atoms with Crippen molar-refractivity contribution in [3.63, 3.8) is 0 Å². The fraction of sp³-hybridized carbons (Fsp3) is 0.500. The molecular formula is C8H9N3O4S. The van der Waals surface area contributed by atoms with E-state index in [0.717, 1.165) is 11.5 Å². The molecule has 1 aliphatic heterocycles. The third kappa shape index (κ3) is 2.02. The van der Waals surface area contributed by atoms with Crippen LogP contribution < -0.4 is 0 Å². The van der Waals surface area contributed by atoms with E-state index in [1.807, 2.05) is 0 Å². The van der Waals surface area contributed by atoms with Gasteiger partial charge in [0.05, 0.1) is 13.2 Å². The minimum atomic E-state index is -1.23. The SMILES string of the molecule is O=C(O)c1nnsc1C(=O)N1CCOCC1. The van der Waals surface area contributed by atoms with Crippen molar-refractivity contribution in [1.82, 2.24) is 14.5 Å². The van der Waals surface area contributed by atoms with Crippen LogP contribution in [0.3, 0.4) is 0 Å². The summed E-state index contributed by atoms with van der Waals surface area (Å²) in [5, 5.41) is 12.2. The molecule has 0 aliphatic carbocycles. The molecule has 1 saturated heterocycles. The van der Waals surface area contributed by atoms with Crippen LogP contribution in [-0.4, -0.2) is 57.8 Å². The monoisotopic (exact) mass is 243 g/mol. The number of carboxylic acid groups (broad SMARTS) is 1. The number of aromatic carboxylic acids is 1. The fourth-order valence-corrected chi connectivity index (χ4v) is 2.01. The number of rotatable bonds is 2. The van der Waals surface area contributed by atoms with Crippen molar-refractivity contribution in [3.8, 4) is 0 Å². The van der Waals surface area contributed by atoms with Gasteiger partial charge in [-0.1, -0.05) is 4.49 Å². The van der Waals surface area contributed by atoms with Crippen LogP contribution in [0.25, 0.3) is 0 Å². The second-order valence-electron chi connectivity index (χ2n) is 3.16. The Morgan fingerprint density at radius 1 is 1.38 bits per heavy atom. The van der Waals surface area contributed by atoms with Gasteiger partial charge in [0.25, 0.3) is 5.91 Å². The van der Waals surface area contributed by atoms with Gasteiger partial charge in [-0.3, -0.25) is 4.79 Å². The first-order valence-corrected chi connectivity index (χ1v) is 5.40. The van der Waals surface area contributed by atoms with Crippen molar-refractivity contribution in [1.29, 1.82) is 0 Å². The third-order valence-corrected chi connectivity index (χ3v) is 2.90. The first-order valence-electron chi connectivity index (χ1n) is 4.63. The molecule has 0 saturated carbocycles. The standard InChI is InChI=1S/C8H9N3O4S/c12-7(11-1-3-15-4-2-11)6-5(8(13)14)9-10-16-6/h1-4H2,(H,13,14). The summed E-state index contributed by atoms with van der Waals surface area (Å²) >= 11 is 0.806. The third-order valence-electron chi connectivity index (χ3n) is 2.18. The molecule has 0 aromatic carbocycles. The molecule has 1 aliphatic rings. The average molecular weight is 243 g/mol. The van der Waals surface area contributed by atoms with Crippen LogP contribution in [0.5, 0.6) is 0 Å². The molecule has 0 bridgehead atoms. The van der Waals surface area contributed by atoms with Crippen LogP contribution in [0.4, 0.5) is 0 Å². The van der Waals surface area contributed by atoms with Crippen molar-refractivity contribution in [2.24, 2.45) is 0 Å². The summed E-state index contributed by atoms with van der Waals surface area (Å²) in [6.45, 7) is 1.88. The Labute approximate surface area is 94.8 Å². The molecule has 16 heavy (non-hydrogen) atoms. The first-order chi connectivity index (χ1) is 7.70. The predicted molar refractivity (Wildman–Crippen MR) is 53.6 cm³/mol. The summed E-state index contributed by atoms with van der Waals surface area (Å²) in [5.74, 6) is -1.57. The largest absolute Gasteiger partial charge is 0.476 e. The Morgan fingerprint density at radius 2 is 2.06 bits per heavy atom. The Hall–Kier alpha value is -1.54. The van der Waals surface area contributed by atoms with Crippen LogP contribution in [0.1, 0.15) is 20.2 Å². The van der Waals surface area contributed by atoms with E-state index in [0.29, 0.717) is 26.3 Å². The van der Waals surface area contributed by atoms with Crippen LogP contribution in [-0.2, 0) is 4.74 Å². The van der Waals surface area contributed by atoms with Crippen molar-refractivity contribution < 1.29 is 19.4 Å². The van der Waals surface area contributed by atoms with E-state index >= 15 is 0 Å². The molecule has 1 N–H and O–H groups in total. The van der Waals surface area contributed by atoms with E-state index in [9.17, 15) is 9.59 Å². The molecule has 0 radical (unpaired) electrons. The quantitative estimate of drug-likeness (QED) is 0.767. The second kappa shape index (κ2) is 4.54. The molecule has 1 fully saturated rings. The van der Waals surface area contributed by atoms with Gasteiger partial charge >= 0.3 is 5.97 Å². The summed E-state index contributed by atoms with van der Waals surface area (Å²) in [5.41, 5.74) is -0.276. The van der Waals surface area contributed by atoms with Gasteiger partial charge in [0, 0.05) is 13.1 Å². The first kappa shape index (κ1) is 11.0. The van der Waals surface area contributed by atoms with E-state index in [2.05, 4.69) is 9.59 Å². The number of hydrogen-bond donors (Lipinski definition) is 1. The molecule has 2 heterocycles. The summed E-state index contributed by atoms with van der Waals surface area (Å²) in [6.07, 6.45) is 0. The summed E-state index contributed by atoms with van der Waals surface area (Å²) in [7, 11) is 0. The minimum absolute atomic E-state index is 0.0781. The lowest BCUT2D eigenvalue weighted by Crippen LogP contribution is -2.40. The molecule has 1 aromatic rings. The van der Waals surface area contributed by atoms with E-state index in [4.69, 9.17) is 9.84 Å². The topological polar surface area (TPSA) is 92.6 Å². The Bertz CT molecular complexity index is 413. The molecule has 0 atom stereocenters. The molecule has 1 aromatic heterocycles. The number of hydrogen-bond acceptors (Lipinski definition) is 6. The van der Waals surface area contributed by atoms with Crippen LogP contribution in [0, 0.1) is 0 Å². The van der Waals surface area contributed by atoms with E-state index < -0.39 is 5.97 Å². The maximum absolute atomic E-state index is 11.9. The molecule has 8 heteroatoms. The maximum Gasteiger partial charge on any atom is 0.358 e. The zero-order chi connectivity index (χ0) is 11.5. The zero-order valence-corrected chi connectivity index (χ0v) is 9.07. The number of amides is 1. The number of nitrogens with zero attached hydrogens (tertiary/aromatic N) is 3. The van der Waals surface area contributed by atoms with Gasteiger partial charge in [0.1, 0.15) is 4.88 Å². The van der Waals surface area contributed by atoms with Crippen molar-refractivity contribution in [2.45, 2.75) is 0 Å². The number of morpholine rings is 1. The highest BCUT2D eigenvalue weighted by molar-refractivity contribution is 7.08. The molecule has 1 amide bonds. The number of carbonyl (C=O) groups excluding carboxylic acids is 1. The van der Waals surface area contributed by atoms with Gasteiger partial charge in [0.15, 0.2) is 5.69 Å². The van der Waals surface area contributed by atoms with Crippen molar-refractivity contribution >= 4 is 23.4 Å². The van der Waals surface area contributed by atoms with Crippen LogP contribution >= 0.6 is 11.5 Å². The number of aromatic nitrogens is 2. The Kier molecular flexibility index (Phi) is 3.11. The van der Waals surface area contributed by atoms with Crippen molar-refractivity contribution in [3.05, 3.63) is 10.6 Å². The second-order valence-corrected chi connectivity index (χ2v) is 3.91. The van der Waals surface area contributed by atoms with E-state index in [1.54, 1.807) is 4.90 Å². The van der Waals surface area contributed by atoms with E-state index in [-0.39, 0.29) is 16.5 Å². The highest BCUT2D eigenvalue weighted by atomic mass is 32.1. The van der Waals surface area contributed by atoms with Gasteiger partial charge in [-0.05, 0) is 11.5 Å². The Balaban J connectivity index is 2.19. The van der Waals surface area contributed by atoms with Gasteiger partial charge in [-0.25, -0.2) is 4.79 Å². The summed E-state index contributed by atoms with van der Waals surface area (Å²) in [4.78, 5) is 24.3. The molecule has 0 spiro atoms. The molecule has 2 rings (SSSR count). The molecular weight excluding hydrogens is 234 g/mol. The van der Waals surface area contributed by atoms with Crippen LogP contribution in [0.2, 0.25) is 0 Å². The number of carboxylic acids is 1. The highest BCUT2D eigenvalue weighted by Crippen LogP contribution is 2.14. The van der Waals surface area contributed by atoms with Gasteiger partial charge < -0.3 is 14.7 Å². The lowest BCUT2D eigenvalue weighted by Gasteiger charge is -2.26. The Morgan fingerprint density at radius 3 is 2.69 bits per heavy atom. The molecule has 86 valence electrons. The maximum atomic E-state index is 11.9. The fourth-order valence-electron chi connectivity index (χ4n) is 1.38. The lowest BCUT2D eigenvalue weighted by atomic mass is 10.3. The number of ether oxygens (including phenoxy) is 1. The van der Waals surface area contributed by atoms with E-state index in [1.165, 1.54) is 0 Å². The number of carbonyl (C=O) groups is 2. The zero-order valence-electron chi connectivity index (χ0n) is 8.25. The van der Waals surface area contributed by atoms with Gasteiger partial charge in [0.2, 0.25) is 0 Å². The smallest absolute Gasteiger partial charge is 0.358 e. The minimum Gasteiger partial charge on any atom is -0.476 e. The predicted octanol–water partition coefficient (Wildman–Crippen LogP) is -0.291. The average Bonchev–Trinajstić information content (AvgIpc) is 2.78. The van der Waals surface area contributed by atoms with Gasteiger partial charge in [-0.15, -0.1) is 5.10 Å². The molecule has 0 unspecified atom stereocenters. The van der Waals surface area contributed by atoms with Gasteiger partial charge in [-0.2, -0.15) is 0 Å². The summed E-state index contributed by atoms with van der Waals surface area (Å²) in [6, 6.07) is 0. The highest BCUT2D eigenvalue weighted by Gasteiger charge is 2.26. The molecule has 7 nitrogen and oxygen atoms in total. The van der Waals surface area contributed by atoms with Crippen molar-refractivity contribution in [2.75, 3.05) is 26.3 Å². The normalized spacial score (nSPS) is 16.1. The van der Waals surface area contributed by atoms with Crippen LogP contribution in [0.15, 0.2) is 0 Å². The summed E-state index contributed by atoms with van der Waals surface area (Å²) < 4.78 is 8.60.